The average molecular weight is 672 g/mol. The number of rotatable bonds is 14. The van der Waals surface area contributed by atoms with E-state index >= 15 is 0 Å². The minimum atomic E-state index is -1.79. The molecule has 1 saturated carbocycles. The van der Waals surface area contributed by atoms with Gasteiger partial charge in [0.05, 0.1) is 38.5 Å². The molecule has 3 fully saturated rings. The standard InChI is InChI=1S/C34H45N3O11/c1-3-47-28-15-25(32(44)46-2)24(20-4-5-20)14-22(28)17-36-12-10-34(11-13-36)19-37(33(45)48-34)23-8-6-21(7-9-23)31(43)35-16-26(39)29(41)30(42)27(40)18-38/h6-9,14-15,20,26-27,29-30,38-42H,3-5,10-13,16-19H2,1-2H3,(H,35,43). The molecule has 1 spiro atoms. The zero-order chi connectivity index (χ0) is 34.6. The summed E-state index contributed by atoms with van der Waals surface area (Å²) in [4.78, 5) is 41.9. The van der Waals surface area contributed by atoms with Crippen LogP contribution in [0.15, 0.2) is 36.4 Å². The molecule has 1 aliphatic carbocycles. The van der Waals surface area contributed by atoms with Gasteiger partial charge in [-0.05, 0) is 67.6 Å². The molecule has 2 aliphatic heterocycles. The van der Waals surface area contributed by atoms with Crippen LogP contribution in [-0.4, -0.2) is 125 Å². The second kappa shape index (κ2) is 15.2. The van der Waals surface area contributed by atoms with Crippen molar-refractivity contribution < 1.29 is 54.1 Å². The summed E-state index contributed by atoms with van der Waals surface area (Å²) in [5.41, 5.74) is 2.73. The molecule has 0 aromatic heterocycles. The molecule has 4 unspecified atom stereocenters. The van der Waals surface area contributed by atoms with Crippen LogP contribution in [0.4, 0.5) is 10.5 Å². The van der Waals surface area contributed by atoms with Crippen LogP contribution in [0, 0.1) is 0 Å². The van der Waals surface area contributed by atoms with Crippen LogP contribution in [0.2, 0.25) is 0 Å². The van der Waals surface area contributed by atoms with Crippen molar-refractivity contribution in [2.75, 3.05) is 51.4 Å². The Morgan fingerprint density at radius 1 is 1.04 bits per heavy atom. The molecule has 6 N–H and O–H groups in total. The summed E-state index contributed by atoms with van der Waals surface area (Å²) in [6.45, 7) is 3.54. The Morgan fingerprint density at radius 2 is 1.71 bits per heavy atom. The number of methoxy groups -OCH3 is 1. The number of esters is 1. The lowest BCUT2D eigenvalue weighted by Gasteiger charge is -2.37. The lowest BCUT2D eigenvalue weighted by Crippen LogP contribution is -2.49. The first-order valence-corrected chi connectivity index (χ1v) is 16.3. The third-order valence-electron chi connectivity index (χ3n) is 9.33. The third-order valence-corrected chi connectivity index (χ3v) is 9.33. The van der Waals surface area contributed by atoms with Gasteiger partial charge in [0.15, 0.2) is 0 Å². The number of hydrogen-bond donors (Lipinski definition) is 6. The molecule has 0 radical (unpaired) electrons. The van der Waals surface area contributed by atoms with E-state index in [1.54, 1.807) is 23.1 Å². The highest BCUT2D eigenvalue weighted by molar-refractivity contribution is 5.96. The van der Waals surface area contributed by atoms with Gasteiger partial charge in [0.2, 0.25) is 0 Å². The molecule has 2 saturated heterocycles. The first-order valence-electron chi connectivity index (χ1n) is 16.3. The molecule has 3 aliphatic rings. The normalized spacial score (nSPS) is 20.1. The predicted molar refractivity (Wildman–Crippen MR) is 172 cm³/mol. The lowest BCUT2D eigenvalue weighted by atomic mass is 9.90. The molecule has 2 heterocycles. The average Bonchev–Trinajstić information content (AvgIpc) is 3.90. The molecule has 4 atom stereocenters. The molecule has 48 heavy (non-hydrogen) atoms. The monoisotopic (exact) mass is 671 g/mol. The highest BCUT2D eigenvalue weighted by atomic mass is 16.6. The predicted octanol–water partition coefficient (Wildman–Crippen LogP) is 0.906. The minimum Gasteiger partial charge on any atom is -0.494 e. The highest BCUT2D eigenvalue weighted by Crippen LogP contribution is 2.44. The van der Waals surface area contributed by atoms with Gasteiger partial charge in [0, 0.05) is 55.8 Å². The lowest BCUT2D eigenvalue weighted by molar-refractivity contribution is -0.113. The number of aliphatic hydroxyl groups is 5. The van der Waals surface area contributed by atoms with E-state index in [1.807, 2.05) is 6.92 Å². The Morgan fingerprint density at radius 3 is 2.31 bits per heavy atom. The summed E-state index contributed by atoms with van der Waals surface area (Å²) < 4.78 is 16.9. The van der Waals surface area contributed by atoms with E-state index in [4.69, 9.17) is 19.3 Å². The Balaban J connectivity index is 1.16. The van der Waals surface area contributed by atoms with E-state index in [-0.39, 0.29) is 11.5 Å². The fraction of sp³-hybridized carbons (Fsp3) is 0.559. The number of carbonyl (C=O) groups excluding carboxylic acids is 3. The van der Waals surface area contributed by atoms with Gasteiger partial charge in [-0.15, -0.1) is 0 Å². The Kier molecular flexibility index (Phi) is 11.2. The molecule has 0 bridgehead atoms. The van der Waals surface area contributed by atoms with Crippen molar-refractivity contribution in [3.63, 3.8) is 0 Å². The number of aliphatic hydroxyl groups excluding tert-OH is 5. The van der Waals surface area contributed by atoms with Crippen molar-refractivity contribution >= 4 is 23.7 Å². The van der Waals surface area contributed by atoms with Gasteiger partial charge in [-0.25, -0.2) is 9.59 Å². The van der Waals surface area contributed by atoms with Gasteiger partial charge in [0.25, 0.3) is 5.91 Å². The van der Waals surface area contributed by atoms with Crippen LogP contribution in [0.5, 0.6) is 5.75 Å². The van der Waals surface area contributed by atoms with E-state index in [1.165, 1.54) is 19.2 Å². The summed E-state index contributed by atoms with van der Waals surface area (Å²) in [6.07, 6.45) is -3.93. The van der Waals surface area contributed by atoms with Crippen molar-refractivity contribution in [3.8, 4) is 5.75 Å². The first-order chi connectivity index (χ1) is 23.0. The van der Waals surface area contributed by atoms with Crippen LogP contribution in [0.3, 0.4) is 0 Å². The summed E-state index contributed by atoms with van der Waals surface area (Å²) in [6, 6.07) is 10.2. The topological polar surface area (TPSA) is 199 Å². The largest absolute Gasteiger partial charge is 0.494 e. The van der Waals surface area contributed by atoms with Crippen LogP contribution in [0.25, 0.3) is 0 Å². The number of likely N-dealkylation sites (tertiary alicyclic amines) is 1. The van der Waals surface area contributed by atoms with Crippen LogP contribution in [0.1, 0.15) is 70.4 Å². The zero-order valence-electron chi connectivity index (χ0n) is 27.2. The number of hydrogen-bond acceptors (Lipinski definition) is 12. The maximum Gasteiger partial charge on any atom is 0.415 e. The summed E-state index contributed by atoms with van der Waals surface area (Å²) in [5.74, 6) is 0.102. The number of ether oxygens (including phenoxy) is 3. The molecule has 262 valence electrons. The third kappa shape index (κ3) is 7.91. The van der Waals surface area contributed by atoms with Crippen molar-refractivity contribution in [1.29, 1.82) is 0 Å². The number of anilines is 1. The number of amides is 2. The van der Waals surface area contributed by atoms with E-state index in [9.17, 15) is 34.8 Å². The Hall–Kier alpha value is -3.79. The van der Waals surface area contributed by atoms with Gasteiger partial charge in [-0.1, -0.05) is 0 Å². The fourth-order valence-corrected chi connectivity index (χ4v) is 6.29. The van der Waals surface area contributed by atoms with E-state index in [0.717, 1.165) is 24.0 Å². The smallest absolute Gasteiger partial charge is 0.415 e. The number of nitrogens with one attached hydrogen (secondary N) is 1. The molecule has 2 aromatic carbocycles. The Labute approximate surface area is 278 Å². The van der Waals surface area contributed by atoms with Gasteiger partial charge in [0.1, 0.15) is 29.7 Å². The first kappa shape index (κ1) is 35.5. The van der Waals surface area contributed by atoms with Crippen LogP contribution < -0.4 is 15.0 Å². The highest BCUT2D eigenvalue weighted by Gasteiger charge is 2.47. The van der Waals surface area contributed by atoms with Gasteiger partial charge in [-0.3, -0.25) is 14.6 Å². The maximum absolute atomic E-state index is 13.0. The van der Waals surface area contributed by atoms with Crippen LogP contribution >= 0.6 is 0 Å². The second-order valence-corrected chi connectivity index (χ2v) is 12.7. The van der Waals surface area contributed by atoms with Crippen LogP contribution in [-0.2, 0) is 16.0 Å². The Bertz CT molecular complexity index is 1460. The molecular formula is C34H45N3O11. The van der Waals surface area contributed by atoms with Crippen molar-refractivity contribution in [1.82, 2.24) is 10.2 Å². The second-order valence-electron chi connectivity index (χ2n) is 12.7. The molecule has 14 heteroatoms. The van der Waals surface area contributed by atoms with Gasteiger partial charge in [-0.2, -0.15) is 0 Å². The number of carbonyl (C=O) groups is 3. The zero-order valence-corrected chi connectivity index (χ0v) is 27.2. The van der Waals surface area contributed by atoms with Crippen molar-refractivity contribution in [2.24, 2.45) is 0 Å². The quantitative estimate of drug-likeness (QED) is 0.156. The summed E-state index contributed by atoms with van der Waals surface area (Å²) >= 11 is 0. The SMILES string of the molecule is CCOc1cc(C(=O)OC)c(C2CC2)cc1CN1CCC2(CC1)CN(c1ccc(C(=O)NCC(O)C(O)C(O)C(O)CO)cc1)C(=O)O2. The van der Waals surface area contributed by atoms with Gasteiger partial charge < -0.3 is 45.1 Å². The number of piperidine rings is 1. The molecule has 2 amide bonds. The summed E-state index contributed by atoms with van der Waals surface area (Å²) in [5, 5.41) is 50.6. The number of nitrogens with zero attached hydrogens (tertiary/aromatic N) is 2. The fourth-order valence-electron chi connectivity index (χ4n) is 6.29. The van der Waals surface area contributed by atoms with E-state index < -0.39 is 55.2 Å². The molecule has 2 aromatic rings. The van der Waals surface area contributed by atoms with Crippen molar-refractivity contribution in [3.05, 3.63) is 58.7 Å². The summed E-state index contributed by atoms with van der Waals surface area (Å²) in [7, 11) is 1.38. The van der Waals surface area contributed by atoms with E-state index in [0.29, 0.717) is 68.5 Å². The molecular weight excluding hydrogens is 626 g/mol. The van der Waals surface area contributed by atoms with Crippen molar-refractivity contribution in [2.45, 2.75) is 75.1 Å². The van der Waals surface area contributed by atoms with Gasteiger partial charge >= 0.3 is 12.1 Å². The van der Waals surface area contributed by atoms with E-state index in [2.05, 4.69) is 16.3 Å². The molecule has 5 rings (SSSR count). The molecule has 14 nitrogen and oxygen atoms in total. The number of benzene rings is 2. The minimum absolute atomic E-state index is 0.239. The maximum atomic E-state index is 13.0.